The van der Waals surface area contributed by atoms with E-state index in [4.69, 9.17) is 12.2 Å². The van der Waals surface area contributed by atoms with E-state index < -0.39 is 6.61 Å². The van der Waals surface area contributed by atoms with Crippen molar-refractivity contribution >= 4 is 29.3 Å². The molecule has 1 atom stereocenters. The van der Waals surface area contributed by atoms with Gasteiger partial charge in [0.15, 0.2) is 5.11 Å². The summed E-state index contributed by atoms with van der Waals surface area (Å²) in [6, 6.07) is 15.5. The maximum Gasteiger partial charge on any atom is 0.387 e. The van der Waals surface area contributed by atoms with E-state index in [0.717, 1.165) is 5.56 Å². The minimum absolute atomic E-state index is 0.00919. The number of carbonyl (C=O) groups is 1. The number of rotatable bonds is 5. The second-order valence-corrected chi connectivity index (χ2v) is 6.05. The Balaban J connectivity index is 1.89. The topological polar surface area (TPSA) is 41.6 Å². The van der Waals surface area contributed by atoms with Crippen molar-refractivity contribution < 1.29 is 18.3 Å². The van der Waals surface area contributed by atoms with Gasteiger partial charge in [-0.1, -0.05) is 48.5 Å². The highest BCUT2D eigenvalue weighted by atomic mass is 32.1. The number of nitrogens with zero attached hydrogens (tertiary/aromatic N) is 1. The average molecular weight is 374 g/mol. The molecule has 2 aromatic rings. The van der Waals surface area contributed by atoms with Crippen LogP contribution >= 0.6 is 12.2 Å². The predicted molar refractivity (Wildman–Crippen MR) is 98.5 cm³/mol. The third kappa shape index (κ3) is 3.72. The number of para-hydroxylation sites is 1. The normalized spacial score (nSPS) is 16.9. The quantitative estimate of drug-likeness (QED) is 0.632. The first-order valence-corrected chi connectivity index (χ1v) is 8.33. The van der Waals surface area contributed by atoms with Gasteiger partial charge in [-0.2, -0.15) is 8.78 Å². The second-order valence-electron chi connectivity index (χ2n) is 5.67. The van der Waals surface area contributed by atoms with Gasteiger partial charge in [-0.25, -0.2) is 0 Å². The van der Waals surface area contributed by atoms with Crippen LogP contribution < -0.4 is 10.1 Å². The van der Waals surface area contributed by atoms with E-state index in [-0.39, 0.29) is 28.5 Å². The maximum atomic E-state index is 12.8. The van der Waals surface area contributed by atoms with Crippen LogP contribution in [0.4, 0.5) is 8.78 Å². The Morgan fingerprint density at radius 2 is 1.77 bits per heavy atom. The lowest BCUT2D eigenvalue weighted by molar-refractivity contribution is -0.123. The standard InChI is InChI=1S/C19H16F2N2O2S/c1-12(13-7-3-2-4-8-13)23-17(24)15(22-19(23)26)11-14-9-5-6-10-16(14)25-18(20)21/h2-12,18H,1H3,(H,22,26)/b15-11-. The number of ether oxygens (including phenoxy) is 1. The van der Waals surface area contributed by atoms with Crippen molar-refractivity contribution in [3.63, 3.8) is 0 Å². The van der Waals surface area contributed by atoms with E-state index in [1.807, 2.05) is 37.3 Å². The summed E-state index contributed by atoms with van der Waals surface area (Å²) in [6.45, 7) is -1.07. The minimum Gasteiger partial charge on any atom is -0.434 e. The van der Waals surface area contributed by atoms with Gasteiger partial charge >= 0.3 is 6.61 Å². The van der Waals surface area contributed by atoms with Crippen molar-refractivity contribution in [3.8, 4) is 5.75 Å². The number of alkyl halides is 2. The number of carbonyl (C=O) groups excluding carboxylic acids is 1. The molecule has 7 heteroatoms. The van der Waals surface area contributed by atoms with Crippen LogP contribution in [0, 0.1) is 0 Å². The van der Waals surface area contributed by atoms with Gasteiger partial charge in [0.2, 0.25) is 0 Å². The molecule has 1 fully saturated rings. The highest BCUT2D eigenvalue weighted by Gasteiger charge is 2.34. The number of benzene rings is 2. The summed E-state index contributed by atoms with van der Waals surface area (Å²) >= 11 is 5.29. The third-order valence-corrected chi connectivity index (χ3v) is 4.31. The van der Waals surface area contributed by atoms with E-state index in [1.165, 1.54) is 17.0 Å². The first kappa shape index (κ1) is 18.0. The Morgan fingerprint density at radius 1 is 1.12 bits per heavy atom. The van der Waals surface area contributed by atoms with Gasteiger partial charge in [-0.15, -0.1) is 0 Å². The van der Waals surface area contributed by atoms with Crippen LogP contribution in [0.5, 0.6) is 5.75 Å². The van der Waals surface area contributed by atoms with Crippen molar-refractivity contribution in [2.24, 2.45) is 0 Å². The molecule has 0 radical (unpaired) electrons. The Bertz CT molecular complexity index is 856. The first-order valence-electron chi connectivity index (χ1n) is 7.92. The van der Waals surface area contributed by atoms with Gasteiger partial charge in [-0.05, 0) is 36.8 Å². The van der Waals surface area contributed by atoms with Crippen molar-refractivity contribution in [2.75, 3.05) is 0 Å². The fraction of sp³-hybridized carbons (Fsp3) is 0.158. The number of thiocarbonyl (C=S) groups is 1. The van der Waals surface area contributed by atoms with Crippen LogP contribution in [0.1, 0.15) is 24.1 Å². The van der Waals surface area contributed by atoms with Crippen molar-refractivity contribution in [1.29, 1.82) is 0 Å². The Hall–Kier alpha value is -2.80. The van der Waals surface area contributed by atoms with Gasteiger partial charge in [0.1, 0.15) is 11.4 Å². The number of nitrogens with one attached hydrogen (secondary N) is 1. The lowest BCUT2D eigenvalue weighted by Crippen LogP contribution is -2.33. The summed E-state index contributed by atoms with van der Waals surface area (Å²) < 4.78 is 29.6. The van der Waals surface area contributed by atoms with Crippen LogP contribution in [0.2, 0.25) is 0 Å². The fourth-order valence-corrected chi connectivity index (χ4v) is 3.09. The molecule has 134 valence electrons. The third-order valence-electron chi connectivity index (χ3n) is 4.01. The molecule has 0 spiro atoms. The molecular weight excluding hydrogens is 358 g/mol. The Labute approximate surface area is 155 Å². The molecule has 1 heterocycles. The smallest absolute Gasteiger partial charge is 0.387 e. The van der Waals surface area contributed by atoms with Gasteiger partial charge in [-0.3, -0.25) is 9.69 Å². The molecule has 1 amide bonds. The van der Waals surface area contributed by atoms with Gasteiger partial charge < -0.3 is 10.1 Å². The molecule has 26 heavy (non-hydrogen) atoms. The zero-order valence-electron chi connectivity index (χ0n) is 13.9. The predicted octanol–water partition coefficient (Wildman–Crippen LogP) is 4.11. The summed E-state index contributed by atoms with van der Waals surface area (Å²) in [5, 5.41) is 3.13. The molecule has 3 rings (SSSR count). The molecule has 1 saturated heterocycles. The van der Waals surface area contributed by atoms with E-state index in [2.05, 4.69) is 10.1 Å². The number of hydrogen-bond donors (Lipinski definition) is 1. The van der Waals surface area contributed by atoms with Crippen molar-refractivity contribution in [1.82, 2.24) is 10.2 Å². The average Bonchev–Trinajstić information content (AvgIpc) is 2.90. The molecular formula is C19H16F2N2O2S. The lowest BCUT2D eigenvalue weighted by atomic mass is 10.1. The maximum absolute atomic E-state index is 12.8. The number of halogens is 2. The highest BCUT2D eigenvalue weighted by Crippen LogP contribution is 2.28. The van der Waals surface area contributed by atoms with Crippen LogP contribution in [-0.2, 0) is 4.79 Å². The molecule has 1 aliphatic heterocycles. The van der Waals surface area contributed by atoms with Crippen molar-refractivity contribution in [3.05, 3.63) is 71.4 Å². The molecule has 0 aromatic heterocycles. The molecule has 0 saturated carbocycles. The lowest BCUT2D eigenvalue weighted by Gasteiger charge is -2.23. The Kier molecular flexibility index (Phi) is 5.27. The molecule has 0 aliphatic carbocycles. The molecule has 1 unspecified atom stereocenters. The second kappa shape index (κ2) is 7.61. The van der Waals surface area contributed by atoms with Gasteiger partial charge in [0.05, 0.1) is 6.04 Å². The molecule has 4 nitrogen and oxygen atoms in total. The van der Waals surface area contributed by atoms with Crippen LogP contribution in [0.15, 0.2) is 60.3 Å². The van der Waals surface area contributed by atoms with Gasteiger partial charge in [0, 0.05) is 5.56 Å². The largest absolute Gasteiger partial charge is 0.434 e. The molecule has 1 N–H and O–H groups in total. The number of amides is 1. The number of hydrogen-bond acceptors (Lipinski definition) is 3. The van der Waals surface area contributed by atoms with E-state index in [1.54, 1.807) is 18.2 Å². The highest BCUT2D eigenvalue weighted by molar-refractivity contribution is 7.80. The summed E-state index contributed by atoms with van der Waals surface area (Å²) in [4.78, 5) is 14.3. The molecule has 0 bridgehead atoms. The van der Waals surface area contributed by atoms with Crippen molar-refractivity contribution in [2.45, 2.75) is 19.6 Å². The molecule has 1 aliphatic rings. The van der Waals surface area contributed by atoms with Crippen LogP contribution in [0.25, 0.3) is 6.08 Å². The fourth-order valence-electron chi connectivity index (χ4n) is 2.74. The molecule has 2 aromatic carbocycles. The summed E-state index contributed by atoms with van der Waals surface area (Å²) in [7, 11) is 0. The summed E-state index contributed by atoms with van der Waals surface area (Å²) in [5.41, 5.74) is 1.51. The SMILES string of the molecule is CC(c1ccccc1)N1C(=O)/C(=C/c2ccccc2OC(F)F)NC1=S. The monoisotopic (exact) mass is 374 g/mol. The van der Waals surface area contributed by atoms with Crippen LogP contribution in [-0.4, -0.2) is 22.5 Å². The minimum atomic E-state index is -2.95. The zero-order valence-corrected chi connectivity index (χ0v) is 14.7. The first-order chi connectivity index (χ1) is 12.5. The zero-order chi connectivity index (χ0) is 18.7. The summed E-state index contributed by atoms with van der Waals surface area (Å²) in [6.07, 6.45) is 1.46. The van der Waals surface area contributed by atoms with Crippen LogP contribution in [0.3, 0.4) is 0 Å². The van der Waals surface area contributed by atoms with E-state index in [0.29, 0.717) is 5.56 Å². The van der Waals surface area contributed by atoms with E-state index >= 15 is 0 Å². The van der Waals surface area contributed by atoms with Gasteiger partial charge in [0.25, 0.3) is 5.91 Å². The summed E-state index contributed by atoms with van der Waals surface area (Å²) in [5.74, 6) is -0.330. The Morgan fingerprint density at radius 3 is 2.46 bits per heavy atom. The van der Waals surface area contributed by atoms with E-state index in [9.17, 15) is 13.6 Å².